The second-order valence-electron chi connectivity index (χ2n) is 4.72. The lowest BCUT2D eigenvalue weighted by Crippen LogP contribution is -2.12. The quantitative estimate of drug-likeness (QED) is 0.823. The van der Waals surface area contributed by atoms with E-state index in [4.69, 9.17) is 0 Å². The molecule has 0 saturated carbocycles. The summed E-state index contributed by atoms with van der Waals surface area (Å²) < 4.78 is 0. The molecule has 0 fully saturated rings. The maximum Gasteiger partial charge on any atom is 0.0340 e. The second-order valence-corrected chi connectivity index (χ2v) is 4.72. The SMILES string of the molecule is CCc1ccc(CNCc2cccc(NC)c2)cc1. The number of aryl methyl sites for hydroxylation is 1. The molecule has 0 aliphatic carbocycles. The number of rotatable bonds is 6. The van der Waals surface area contributed by atoms with E-state index in [9.17, 15) is 0 Å². The van der Waals surface area contributed by atoms with E-state index in [0.717, 1.165) is 25.2 Å². The highest BCUT2D eigenvalue weighted by molar-refractivity contribution is 5.44. The predicted octanol–water partition coefficient (Wildman–Crippen LogP) is 3.58. The molecule has 0 aromatic heterocycles. The maximum atomic E-state index is 3.48. The molecule has 0 amide bonds. The topological polar surface area (TPSA) is 24.1 Å². The van der Waals surface area contributed by atoms with Crippen LogP contribution in [0.25, 0.3) is 0 Å². The Hall–Kier alpha value is -1.80. The van der Waals surface area contributed by atoms with Crippen LogP contribution in [-0.2, 0) is 19.5 Å². The molecule has 0 bridgehead atoms. The molecule has 0 atom stereocenters. The summed E-state index contributed by atoms with van der Waals surface area (Å²) in [6, 6.07) is 17.3. The van der Waals surface area contributed by atoms with Gasteiger partial charge in [0.2, 0.25) is 0 Å². The van der Waals surface area contributed by atoms with Crippen molar-refractivity contribution in [3.63, 3.8) is 0 Å². The van der Waals surface area contributed by atoms with E-state index in [1.165, 1.54) is 16.7 Å². The van der Waals surface area contributed by atoms with Gasteiger partial charge >= 0.3 is 0 Å². The molecule has 2 heteroatoms. The Morgan fingerprint density at radius 2 is 1.53 bits per heavy atom. The van der Waals surface area contributed by atoms with E-state index < -0.39 is 0 Å². The molecule has 0 aliphatic heterocycles. The van der Waals surface area contributed by atoms with E-state index in [1.54, 1.807) is 0 Å². The van der Waals surface area contributed by atoms with Crippen LogP contribution in [0.15, 0.2) is 48.5 Å². The largest absolute Gasteiger partial charge is 0.388 e. The number of hydrogen-bond acceptors (Lipinski definition) is 2. The zero-order chi connectivity index (χ0) is 13.5. The van der Waals surface area contributed by atoms with E-state index in [0.29, 0.717) is 0 Å². The van der Waals surface area contributed by atoms with Crippen molar-refractivity contribution in [1.82, 2.24) is 5.32 Å². The van der Waals surface area contributed by atoms with Crippen molar-refractivity contribution in [3.05, 3.63) is 65.2 Å². The number of hydrogen-bond donors (Lipinski definition) is 2. The Morgan fingerprint density at radius 1 is 0.842 bits per heavy atom. The lowest BCUT2D eigenvalue weighted by atomic mass is 10.1. The van der Waals surface area contributed by atoms with Crippen molar-refractivity contribution in [1.29, 1.82) is 0 Å². The first-order valence-corrected chi connectivity index (χ1v) is 6.87. The number of anilines is 1. The summed E-state index contributed by atoms with van der Waals surface area (Å²) in [4.78, 5) is 0. The molecule has 0 radical (unpaired) electrons. The molecule has 2 N–H and O–H groups in total. The van der Waals surface area contributed by atoms with Crippen LogP contribution >= 0.6 is 0 Å². The Labute approximate surface area is 115 Å². The molecule has 0 spiro atoms. The van der Waals surface area contributed by atoms with E-state index in [-0.39, 0.29) is 0 Å². The van der Waals surface area contributed by atoms with Crippen molar-refractivity contribution in [2.24, 2.45) is 0 Å². The van der Waals surface area contributed by atoms with Gasteiger partial charge in [-0.3, -0.25) is 0 Å². The molecule has 2 rings (SSSR count). The van der Waals surface area contributed by atoms with Crippen LogP contribution in [0.4, 0.5) is 5.69 Å². The Bertz CT molecular complexity index is 503. The van der Waals surface area contributed by atoms with Crippen molar-refractivity contribution >= 4 is 5.69 Å². The van der Waals surface area contributed by atoms with Crippen LogP contribution in [0.3, 0.4) is 0 Å². The molecule has 0 aliphatic rings. The molecule has 0 saturated heterocycles. The average Bonchev–Trinajstić information content (AvgIpc) is 2.48. The third-order valence-electron chi connectivity index (χ3n) is 3.31. The summed E-state index contributed by atoms with van der Waals surface area (Å²) in [5.74, 6) is 0. The predicted molar refractivity (Wildman–Crippen MR) is 82.4 cm³/mol. The van der Waals surface area contributed by atoms with Crippen molar-refractivity contribution < 1.29 is 0 Å². The van der Waals surface area contributed by atoms with Crippen LogP contribution in [0.2, 0.25) is 0 Å². The standard InChI is InChI=1S/C17H22N2/c1-3-14-7-9-15(10-8-14)12-19-13-16-5-4-6-17(11-16)18-2/h4-11,18-19H,3,12-13H2,1-2H3. The smallest absolute Gasteiger partial charge is 0.0340 e. The normalized spacial score (nSPS) is 10.4. The molecular formula is C17H22N2. The molecular weight excluding hydrogens is 232 g/mol. The van der Waals surface area contributed by atoms with Crippen LogP contribution in [0.5, 0.6) is 0 Å². The highest BCUT2D eigenvalue weighted by atomic mass is 14.9. The molecule has 19 heavy (non-hydrogen) atoms. The van der Waals surface area contributed by atoms with Crippen LogP contribution in [0, 0.1) is 0 Å². The third kappa shape index (κ3) is 4.11. The van der Waals surface area contributed by atoms with Gasteiger partial charge < -0.3 is 10.6 Å². The lowest BCUT2D eigenvalue weighted by molar-refractivity contribution is 0.693. The lowest BCUT2D eigenvalue weighted by Gasteiger charge is -2.07. The van der Waals surface area contributed by atoms with Crippen molar-refractivity contribution in [2.45, 2.75) is 26.4 Å². The highest BCUT2D eigenvalue weighted by Gasteiger charge is 1.96. The van der Waals surface area contributed by atoms with Gasteiger partial charge in [0.1, 0.15) is 0 Å². The first-order chi connectivity index (χ1) is 9.31. The zero-order valence-electron chi connectivity index (χ0n) is 11.7. The minimum Gasteiger partial charge on any atom is -0.388 e. The molecule has 2 aromatic carbocycles. The van der Waals surface area contributed by atoms with Gasteiger partial charge in [-0.1, -0.05) is 43.3 Å². The summed E-state index contributed by atoms with van der Waals surface area (Å²) in [6.07, 6.45) is 1.10. The highest BCUT2D eigenvalue weighted by Crippen LogP contribution is 2.10. The van der Waals surface area contributed by atoms with Gasteiger partial charge in [0.05, 0.1) is 0 Å². The van der Waals surface area contributed by atoms with Crippen LogP contribution in [-0.4, -0.2) is 7.05 Å². The van der Waals surface area contributed by atoms with E-state index >= 15 is 0 Å². The molecule has 0 unspecified atom stereocenters. The van der Waals surface area contributed by atoms with Gasteiger partial charge in [-0.15, -0.1) is 0 Å². The van der Waals surface area contributed by atoms with Crippen LogP contribution in [0.1, 0.15) is 23.6 Å². The fraction of sp³-hybridized carbons (Fsp3) is 0.294. The average molecular weight is 254 g/mol. The van der Waals surface area contributed by atoms with Gasteiger partial charge in [-0.25, -0.2) is 0 Å². The van der Waals surface area contributed by atoms with E-state index in [1.807, 2.05) is 7.05 Å². The van der Waals surface area contributed by atoms with Crippen molar-refractivity contribution in [3.8, 4) is 0 Å². The number of nitrogens with one attached hydrogen (secondary N) is 2. The minimum absolute atomic E-state index is 0.894. The van der Waals surface area contributed by atoms with Gasteiger partial charge in [0.15, 0.2) is 0 Å². The molecule has 2 aromatic rings. The summed E-state index contributed by atoms with van der Waals surface area (Å²) in [5.41, 5.74) is 5.19. The second kappa shape index (κ2) is 6.95. The maximum absolute atomic E-state index is 3.48. The Kier molecular flexibility index (Phi) is 4.99. The van der Waals surface area contributed by atoms with Gasteiger partial charge in [0.25, 0.3) is 0 Å². The fourth-order valence-corrected chi connectivity index (χ4v) is 2.08. The third-order valence-corrected chi connectivity index (χ3v) is 3.31. The van der Waals surface area contributed by atoms with E-state index in [2.05, 4.69) is 66.1 Å². The first-order valence-electron chi connectivity index (χ1n) is 6.87. The fourth-order valence-electron chi connectivity index (χ4n) is 2.08. The minimum atomic E-state index is 0.894. The van der Waals surface area contributed by atoms with Gasteiger partial charge in [-0.05, 0) is 35.2 Å². The van der Waals surface area contributed by atoms with Gasteiger partial charge in [0, 0.05) is 25.8 Å². The molecule has 100 valence electrons. The molecule has 2 nitrogen and oxygen atoms in total. The van der Waals surface area contributed by atoms with Crippen LogP contribution < -0.4 is 10.6 Å². The monoisotopic (exact) mass is 254 g/mol. The first kappa shape index (κ1) is 13.6. The molecule has 0 heterocycles. The summed E-state index contributed by atoms with van der Waals surface area (Å²) in [7, 11) is 1.95. The summed E-state index contributed by atoms with van der Waals surface area (Å²) >= 11 is 0. The summed E-state index contributed by atoms with van der Waals surface area (Å²) in [5, 5.41) is 6.64. The Morgan fingerprint density at radius 3 is 2.21 bits per heavy atom. The summed E-state index contributed by atoms with van der Waals surface area (Å²) in [6.45, 7) is 3.99. The Balaban J connectivity index is 1.85. The van der Waals surface area contributed by atoms with Crippen molar-refractivity contribution in [2.75, 3.05) is 12.4 Å². The van der Waals surface area contributed by atoms with Gasteiger partial charge in [-0.2, -0.15) is 0 Å². The zero-order valence-corrected chi connectivity index (χ0v) is 11.7. The number of benzene rings is 2.